The van der Waals surface area contributed by atoms with Crippen LogP contribution < -0.4 is 4.90 Å². The SMILES string of the molecule is CC1(c2ccccc2)c2ccccc2-c2ccc(N(c3ccc(-c4ccc5c(c4)oc4ccccc45)cc3)c3cccc4c3-c3ccccc3C4(c3ccccc3)c3ccccc3)cc21. The molecule has 306 valence electrons. The van der Waals surface area contributed by atoms with Crippen LogP contribution in [0.5, 0.6) is 0 Å². The maximum atomic E-state index is 6.34. The van der Waals surface area contributed by atoms with Gasteiger partial charge in [-0.1, -0.05) is 194 Å². The highest BCUT2D eigenvalue weighted by Crippen LogP contribution is 2.60. The summed E-state index contributed by atoms with van der Waals surface area (Å²) >= 11 is 0. The molecule has 1 unspecified atom stereocenters. The number of rotatable bonds is 7. The first kappa shape index (κ1) is 37.4. The Morgan fingerprint density at radius 1 is 0.354 bits per heavy atom. The molecule has 2 aliphatic carbocycles. The van der Waals surface area contributed by atoms with Gasteiger partial charge in [-0.2, -0.15) is 0 Å². The highest BCUT2D eigenvalue weighted by Gasteiger charge is 2.47. The summed E-state index contributed by atoms with van der Waals surface area (Å²) in [6, 6.07) is 89.3. The third-order valence-corrected chi connectivity index (χ3v) is 14.4. The Morgan fingerprint density at radius 2 is 0.908 bits per heavy atom. The fourth-order valence-corrected chi connectivity index (χ4v) is 11.5. The second-order valence-electron chi connectivity index (χ2n) is 17.7. The minimum Gasteiger partial charge on any atom is -0.456 e. The van der Waals surface area contributed by atoms with Crippen molar-refractivity contribution in [3.8, 4) is 33.4 Å². The molecule has 13 rings (SSSR count). The quantitative estimate of drug-likeness (QED) is 0.159. The van der Waals surface area contributed by atoms with Gasteiger partial charge in [0.1, 0.15) is 11.2 Å². The van der Waals surface area contributed by atoms with Crippen LogP contribution in [0.15, 0.2) is 247 Å². The molecule has 2 nitrogen and oxygen atoms in total. The molecule has 65 heavy (non-hydrogen) atoms. The van der Waals surface area contributed by atoms with E-state index in [0.717, 1.165) is 50.1 Å². The van der Waals surface area contributed by atoms with Gasteiger partial charge in [-0.15, -0.1) is 0 Å². The fraction of sp³-hybridized carbons (Fsp3) is 0.0476. The largest absolute Gasteiger partial charge is 0.456 e. The maximum absolute atomic E-state index is 6.34. The van der Waals surface area contributed by atoms with E-state index in [-0.39, 0.29) is 5.41 Å². The topological polar surface area (TPSA) is 16.4 Å². The summed E-state index contributed by atoms with van der Waals surface area (Å²) in [6.45, 7) is 2.40. The van der Waals surface area contributed by atoms with Crippen molar-refractivity contribution in [3.63, 3.8) is 0 Å². The smallest absolute Gasteiger partial charge is 0.136 e. The number of benzene rings is 10. The second kappa shape index (κ2) is 14.4. The lowest BCUT2D eigenvalue weighted by Gasteiger charge is -2.34. The van der Waals surface area contributed by atoms with Crippen molar-refractivity contribution in [1.29, 1.82) is 0 Å². The van der Waals surface area contributed by atoms with Crippen molar-refractivity contribution in [2.45, 2.75) is 17.8 Å². The van der Waals surface area contributed by atoms with Crippen LogP contribution in [-0.2, 0) is 10.8 Å². The molecule has 10 aromatic carbocycles. The molecule has 1 aromatic heterocycles. The van der Waals surface area contributed by atoms with Gasteiger partial charge in [-0.3, -0.25) is 0 Å². The molecule has 0 saturated carbocycles. The van der Waals surface area contributed by atoms with Gasteiger partial charge in [0.15, 0.2) is 0 Å². The van der Waals surface area contributed by atoms with E-state index in [1.54, 1.807) is 0 Å². The third kappa shape index (κ3) is 5.41. The van der Waals surface area contributed by atoms with Crippen LogP contribution in [0, 0.1) is 0 Å². The third-order valence-electron chi connectivity index (χ3n) is 14.4. The van der Waals surface area contributed by atoms with Gasteiger partial charge in [0.25, 0.3) is 0 Å². The number of anilines is 3. The van der Waals surface area contributed by atoms with Crippen molar-refractivity contribution < 1.29 is 4.42 Å². The molecule has 0 radical (unpaired) electrons. The number of fused-ring (bicyclic) bond motifs is 9. The Morgan fingerprint density at radius 3 is 1.65 bits per heavy atom. The van der Waals surface area contributed by atoms with E-state index in [0.29, 0.717) is 0 Å². The van der Waals surface area contributed by atoms with E-state index in [9.17, 15) is 0 Å². The second-order valence-corrected chi connectivity index (χ2v) is 17.7. The molecule has 2 aliphatic rings. The van der Waals surface area contributed by atoms with Gasteiger partial charge in [0.2, 0.25) is 0 Å². The molecule has 0 saturated heterocycles. The number of nitrogens with zero attached hydrogens (tertiary/aromatic N) is 1. The van der Waals surface area contributed by atoms with E-state index >= 15 is 0 Å². The maximum Gasteiger partial charge on any atom is 0.136 e. The Hall–Kier alpha value is -8.20. The predicted octanol–water partition coefficient (Wildman–Crippen LogP) is 16.4. The van der Waals surface area contributed by atoms with Gasteiger partial charge in [-0.25, -0.2) is 0 Å². The van der Waals surface area contributed by atoms with Crippen LogP contribution >= 0.6 is 0 Å². The van der Waals surface area contributed by atoms with E-state index < -0.39 is 5.41 Å². The monoisotopic (exact) mass is 829 g/mol. The molecule has 0 N–H and O–H groups in total. The molecule has 0 aliphatic heterocycles. The van der Waals surface area contributed by atoms with Crippen LogP contribution in [0.2, 0.25) is 0 Å². The predicted molar refractivity (Wildman–Crippen MR) is 269 cm³/mol. The lowest BCUT2D eigenvalue weighted by Crippen LogP contribution is -2.28. The van der Waals surface area contributed by atoms with Crippen LogP contribution in [0.4, 0.5) is 17.1 Å². The first-order valence-corrected chi connectivity index (χ1v) is 22.6. The molecule has 1 atom stereocenters. The lowest BCUT2D eigenvalue weighted by atomic mass is 9.68. The summed E-state index contributed by atoms with van der Waals surface area (Å²) in [5.74, 6) is 0. The summed E-state index contributed by atoms with van der Waals surface area (Å²) in [5.41, 5.74) is 20.6. The Labute approximate surface area is 379 Å². The summed E-state index contributed by atoms with van der Waals surface area (Å²) in [6.07, 6.45) is 0. The van der Waals surface area contributed by atoms with E-state index in [1.807, 2.05) is 12.1 Å². The Balaban J connectivity index is 1.05. The van der Waals surface area contributed by atoms with E-state index in [4.69, 9.17) is 4.42 Å². The van der Waals surface area contributed by atoms with Crippen LogP contribution in [-0.4, -0.2) is 0 Å². The molecule has 0 fully saturated rings. The average Bonchev–Trinajstić information content (AvgIpc) is 4.00. The number of hydrogen-bond acceptors (Lipinski definition) is 2. The molecular formula is C63H43NO. The zero-order chi connectivity index (χ0) is 43.1. The van der Waals surface area contributed by atoms with Crippen molar-refractivity contribution in [2.75, 3.05) is 4.90 Å². The van der Waals surface area contributed by atoms with Crippen molar-refractivity contribution in [3.05, 3.63) is 282 Å². The number of para-hydroxylation sites is 1. The number of hydrogen-bond donors (Lipinski definition) is 0. The molecular weight excluding hydrogens is 787 g/mol. The van der Waals surface area contributed by atoms with Crippen LogP contribution in [0.25, 0.3) is 55.3 Å². The van der Waals surface area contributed by atoms with Crippen LogP contribution in [0.3, 0.4) is 0 Å². The summed E-state index contributed by atoms with van der Waals surface area (Å²) in [4.78, 5) is 2.50. The van der Waals surface area contributed by atoms with Gasteiger partial charge in [0, 0.05) is 33.1 Å². The molecule has 2 heteroatoms. The summed E-state index contributed by atoms with van der Waals surface area (Å²) in [5, 5.41) is 2.27. The van der Waals surface area contributed by atoms with Gasteiger partial charge in [-0.05, 0) is 122 Å². The molecule has 1 heterocycles. The molecule has 0 amide bonds. The minimum atomic E-state index is -0.527. The average molecular weight is 830 g/mol. The Bertz CT molecular complexity index is 3570. The zero-order valence-corrected chi connectivity index (χ0v) is 35.9. The van der Waals surface area contributed by atoms with Crippen molar-refractivity contribution in [1.82, 2.24) is 0 Å². The molecule has 0 bridgehead atoms. The normalized spacial score (nSPS) is 15.3. The van der Waals surface area contributed by atoms with E-state index in [2.05, 4.69) is 242 Å². The molecule has 0 spiro atoms. The standard InChI is InChI=1S/C63H43NO/c1-62(44-18-5-2-6-19-44)54-27-14-11-24-49(54)50-39-37-48(41-57(50)62)64(47-35-32-42(33-36-47)43-34-38-52-51-25-13-16-31-59(51)65-60(52)40-43)58-30-17-29-56-61(58)53-26-12-15-28-55(53)63(56,45-20-7-3-8-21-45)46-22-9-4-10-23-46/h2-41H,1H3. The summed E-state index contributed by atoms with van der Waals surface area (Å²) < 4.78 is 6.34. The Kier molecular flexibility index (Phi) is 8.29. The fourth-order valence-electron chi connectivity index (χ4n) is 11.5. The van der Waals surface area contributed by atoms with Crippen molar-refractivity contribution in [2.24, 2.45) is 0 Å². The van der Waals surface area contributed by atoms with Gasteiger partial charge >= 0.3 is 0 Å². The summed E-state index contributed by atoms with van der Waals surface area (Å²) in [7, 11) is 0. The van der Waals surface area contributed by atoms with Gasteiger partial charge in [0.05, 0.1) is 11.1 Å². The first-order valence-electron chi connectivity index (χ1n) is 22.6. The molecule has 11 aromatic rings. The number of furan rings is 1. The van der Waals surface area contributed by atoms with Crippen LogP contribution in [0.1, 0.15) is 45.9 Å². The van der Waals surface area contributed by atoms with Crippen molar-refractivity contribution >= 4 is 39.0 Å². The minimum absolute atomic E-state index is 0.352. The van der Waals surface area contributed by atoms with E-state index in [1.165, 1.54) is 61.2 Å². The van der Waals surface area contributed by atoms with Gasteiger partial charge < -0.3 is 9.32 Å². The zero-order valence-electron chi connectivity index (χ0n) is 35.9. The highest BCUT2D eigenvalue weighted by atomic mass is 16.3. The lowest BCUT2D eigenvalue weighted by molar-refractivity contribution is 0.669. The first-order chi connectivity index (χ1) is 32.1. The highest BCUT2D eigenvalue weighted by molar-refractivity contribution is 6.06.